The Hall–Kier alpha value is -3.56. The van der Waals surface area contributed by atoms with Crippen molar-refractivity contribution in [2.24, 2.45) is 0 Å². The van der Waals surface area contributed by atoms with E-state index in [0.29, 0.717) is 42.7 Å². The van der Waals surface area contributed by atoms with Gasteiger partial charge in [-0.1, -0.05) is 30.3 Å². The average molecular weight is 469 g/mol. The van der Waals surface area contributed by atoms with E-state index in [1.165, 1.54) is 12.1 Å². The molecule has 0 saturated heterocycles. The number of nitrogens with one attached hydrogen (secondary N) is 2. The van der Waals surface area contributed by atoms with Gasteiger partial charge >= 0.3 is 0 Å². The van der Waals surface area contributed by atoms with Crippen molar-refractivity contribution in [1.82, 2.24) is 0 Å². The number of rotatable bonds is 8. The minimum absolute atomic E-state index is 0.0634. The summed E-state index contributed by atoms with van der Waals surface area (Å²) in [7, 11) is -3.82. The van der Waals surface area contributed by atoms with Crippen LogP contribution in [-0.4, -0.2) is 33.6 Å². The maximum Gasteiger partial charge on any atom is 0.262 e. The summed E-state index contributed by atoms with van der Waals surface area (Å²) in [6.45, 7) is 2.80. The SMILES string of the molecule is CC(OCc1ccccc1)C(=O)Nc1ccc(NS(=O)(=O)c2ccc3c(c2)OCCO3)cc1. The first-order chi connectivity index (χ1) is 15.9. The first-order valence-corrected chi connectivity index (χ1v) is 11.9. The number of fused-ring (bicyclic) bond motifs is 1. The number of sulfonamides is 1. The van der Waals surface area contributed by atoms with E-state index >= 15 is 0 Å². The van der Waals surface area contributed by atoms with Gasteiger partial charge in [0, 0.05) is 17.4 Å². The average Bonchev–Trinajstić information content (AvgIpc) is 2.84. The largest absolute Gasteiger partial charge is 0.486 e. The molecule has 9 heteroatoms. The summed E-state index contributed by atoms with van der Waals surface area (Å²) in [5.74, 6) is 0.614. The maximum atomic E-state index is 12.7. The lowest BCUT2D eigenvalue weighted by molar-refractivity contribution is -0.127. The van der Waals surface area contributed by atoms with E-state index in [1.807, 2.05) is 30.3 Å². The zero-order valence-electron chi connectivity index (χ0n) is 18.0. The Labute approximate surface area is 192 Å². The van der Waals surface area contributed by atoms with Crippen molar-refractivity contribution in [1.29, 1.82) is 0 Å². The number of benzene rings is 3. The molecule has 172 valence electrons. The van der Waals surface area contributed by atoms with Crippen LogP contribution in [0.3, 0.4) is 0 Å². The van der Waals surface area contributed by atoms with Gasteiger partial charge in [-0.15, -0.1) is 0 Å². The predicted octanol–water partition coefficient (Wildman–Crippen LogP) is 3.80. The summed E-state index contributed by atoms with van der Waals surface area (Å²) in [4.78, 5) is 12.4. The van der Waals surface area contributed by atoms with Gasteiger partial charge in [0.05, 0.1) is 11.5 Å². The molecule has 3 aromatic rings. The number of hydrogen-bond donors (Lipinski definition) is 2. The van der Waals surface area contributed by atoms with E-state index in [4.69, 9.17) is 14.2 Å². The van der Waals surface area contributed by atoms with Crippen molar-refractivity contribution in [3.63, 3.8) is 0 Å². The Morgan fingerprint density at radius 3 is 2.33 bits per heavy atom. The van der Waals surface area contributed by atoms with Gasteiger partial charge in [-0.25, -0.2) is 8.42 Å². The molecular weight excluding hydrogens is 444 g/mol. The summed E-state index contributed by atoms with van der Waals surface area (Å²) in [5, 5.41) is 2.76. The molecule has 1 aliphatic heterocycles. The summed E-state index contributed by atoms with van der Waals surface area (Å²) < 4.78 is 44.5. The van der Waals surface area contributed by atoms with Gasteiger partial charge in [-0.3, -0.25) is 9.52 Å². The van der Waals surface area contributed by atoms with Gasteiger partial charge in [-0.2, -0.15) is 0 Å². The summed E-state index contributed by atoms with van der Waals surface area (Å²) in [5.41, 5.74) is 1.86. The van der Waals surface area contributed by atoms with Crippen molar-refractivity contribution in [2.75, 3.05) is 23.3 Å². The topological polar surface area (TPSA) is 103 Å². The second-order valence-corrected chi connectivity index (χ2v) is 9.10. The van der Waals surface area contributed by atoms with Crippen molar-refractivity contribution >= 4 is 27.3 Å². The van der Waals surface area contributed by atoms with Crippen molar-refractivity contribution in [2.45, 2.75) is 24.5 Å². The molecule has 1 amide bonds. The molecule has 33 heavy (non-hydrogen) atoms. The predicted molar refractivity (Wildman–Crippen MR) is 124 cm³/mol. The van der Waals surface area contributed by atoms with Gasteiger partial charge in [0.25, 0.3) is 15.9 Å². The highest BCUT2D eigenvalue weighted by atomic mass is 32.2. The van der Waals surface area contributed by atoms with Gasteiger partial charge in [0.2, 0.25) is 0 Å². The first-order valence-electron chi connectivity index (χ1n) is 10.4. The molecule has 0 aliphatic carbocycles. The van der Waals surface area contributed by atoms with Crippen LogP contribution >= 0.6 is 0 Å². The number of anilines is 2. The van der Waals surface area contributed by atoms with E-state index < -0.39 is 16.1 Å². The highest BCUT2D eigenvalue weighted by Gasteiger charge is 2.20. The van der Waals surface area contributed by atoms with Gasteiger partial charge < -0.3 is 19.5 Å². The minimum atomic E-state index is -3.82. The Kier molecular flexibility index (Phi) is 6.81. The molecule has 3 aromatic carbocycles. The molecule has 1 atom stereocenters. The third-order valence-corrected chi connectivity index (χ3v) is 6.32. The van der Waals surface area contributed by atoms with E-state index in [0.717, 1.165) is 5.56 Å². The van der Waals surface area contributed by atoms with Crippen molar-refractivity contribution < 1.29 is 27.4 Å². The Morgan fingerprint density at radius 2 is 1.61 bits per heavy atom. The fourth-order valence-electron chi connectivity index (χ4n) is 3.14. The highest BCUT2D eigenvalue weighted by molar-refractivity contribution is 7.92. The summed E-state index contributed by atoms with van der Waals surface area (Å²) in [6.07, 6.45) is -0.654. The normalized spacial score (nSPS) is 13.7. The lowest BCUT2D eigenvalue weighted by Crippen LogP contribution is -2.27. The standard InChI is InChI=1S/C24H24N2O6S/c1-17(32-16-18-5-3-2-4-6-18)24(27)25-19-7-9-20(10-8-19)26-33(28,29)21-11-12-22-23(15-21)31-14-13-30-22/h2-12,15,17,26H,13-14,16H2,1H3,(H,25,27). The zero-order chi connectivity index (χ0) is 23.3. The number of hydrogen-bond acceptors (Lipinski definition) is 6. The summed E-state index contributed by atoms with van der Waals surface area (Å²) >= 11 is 0. The Morgan fingerprint density at radius 1 is 0.939 bits per heavy atom. The van der Waals surface area contributed by atoms with Crippen LogP contribution < -0.4 is 19.5 Å². The number of carbonyl (C=O) groups is 1. The van der Waals surface area contributed by atoms with Crippen LogP contribution in [0.25, 0.3) is 0 Å². The van der Waals surface area contributed by atoms with Gasteiger partial charge in [-0.05, 0) is 48.9 Å². The monoisotopic (exact) mass is 468 g/mol. The van der Waals surface area contributed by atoms with Crippen LogP contribution in [0, 0.1) is 0 Å². The van der Waals surface area contributed by atoms with E-state index in [-0.39, 0.29) is 10.8 Å². The molecule has 1 unspecified atom stereocenters. The van der Waals surface area contributed by atoms with Crippen LogP contribution in [0.15, 0.2) is 77.7 Å². The fourth-order valence-corrected chi connectivity index (χ4v) is 4.22. The second-order valence-electron chi connectivity index (χ2n) is 7.42. The van der Waals surface area contributed by atoms with Crippen LogP contribution in [0.2, 0.25) is 0 Å². The molecule has 0 aromatic heterocycles. The van der Waals surface area contributed by atoms with Crippen molar-refractivity contribution in [3.8, 4) is 11.5 Å². The maximum absolute atomic E-state index is 12.7. The molecular formula is C24H24N2O6S. The number of carbonyl (C=O) groups excluding carboxylic acids is 1. The third kappa shape index (κ3) is 5.82. The summed E-state index contributed by atoms with van der Waals surface area (Å²) in [6, 6.07) is 20.4. The molecule has 2 N–H and O–H groups in total. The second kappa shape index (κ2) is 9.93. The molecule has 0 fully saturated rings. The Bertz CT molecular complexity index is 1210. The third-order valence-electron chi connectivity index (χ3n) is 4.94. The lowest BCUT2D eigenvalue weighted by atomic mass is 10.2. The van der Waals surface area contributed by atoms with Crippen LogP contribution in [0.5, 0.6) is 11.5 Å². The molecule has 1 aliphatic rings. The molecule has 1 heterocycles. The van der Waals surface area contributed by atoms with Gasteiger partial charge in [0.15, 0.2) is 11.5 Å². The molecule has 0 radical (unpaired) electrons. The molecule has 0 saturated carbocycles. The number of ether oxygens (including phenoxy) is 3. The van der Waals surface area contributed by atoms with Crippen LogP contribution in [0.4, 0.5) is 11.4 Å². The zero-order valence-corrected chi connectivity index (χ0v) is 18.8. The van der Waals surface area contributed by atoms with Crippen molar-refractivity contribution in [3.05, 3.63) is 78.4 Å². The molecule has 4 rings (SSSR count). The van der Waals surface area contributed by atoms with Crippen LogP contribution in [0.1, 0.15) is 12.5 Å². The van der Waals surface area contributed by atoms with Crippen LogP contribution in [-0.2, 0) is 26.2 Å². The van der Waals surface area contributed by atoms with E-state index in [2.05, 4.69) is 10.0 Å². The van der Waals surface area contributed by atoms with E-state index in [9.17, 15) is 13.2 Å². The Balaban J connectivity index is 1.34. The molecule has 0 spiro atoms. The molecule has 8 nitrogen and oxygen atoms in total. The molecule has 0 bridgehead atoms. The quantitative estimate of drug-likeness (QED) is 0.521. The smallest absolute Gasteiger partial charge is 0.262 e. The van der Waals surface area contributed by atoms with E-state index in [1.54, 1.807) is 37.3 Å². The van der Waals surface area contributed by atoms with Gasteiger partial charge in [0.1, 0.15) is 19.3 Å². The highest BCUT2D eigenvalue weighted by Crippen LogP contribution is 2.32. The fraction of sp³-hybridized carbons (Fsp3) is 0.208. The first kappa shape index (κ1) is 22.6. The number of amides is 1. The minimum Gasteiger partial charge on any atom is -0.486 e. The lowest BCUT2D eigenvalue weighted by Gasteiger charge is -2.19.